The summed E-state index contributed by atoms with van der Waals surface area (Å²) in [6.45, 7) is 1.90. The predicted molar refractivity (Wildman–Crippen MR) is 77.1 cm³/mol. The molecule has 1 N–H and O–H groups in total. The van der Waals surface area contributed by atoms with Gasteiger partial charge in [-0.05, 0) is 36.8 Å². The van der Waals surface area contributed by atoms with Crippen molar-refractivity contribution in [3.63, 3.8) is 0 Å². The summed E-state index contributed by atoms with van der Waals surface area (Å²) in [5.41, 5.74) is 2.22. The van der Waals surface area contributed by atoms with Crippen LogP contribution in [0.25, 0.3) is 0 Å². The van der Waals surface area contributed by atoms with E-state index in [9.17, 15) is 4.79 Å². The van der Waals surface area contributed by atoms with Crippen LogP contribution in [0.1, 0.15) is 15.9 Å². The number of rotatable bonds is 3. The van der Waals surface area contributed by atoms with E-state index in [1.807, 2.05) is 25.1 Å². The van der Waals surface area contributed by atoms with E-state index in [0.29, 0.717) is 22.0 Å². The van der Waals surface area contributed by atoms with Gasteiger partial charge in [-0.25, -0.2) is 0 Å². The molecule has 0 spiro atoms. The van der Waals surface area contributed by atoms with Crippen LogP contribution in [-0.2, 0) is 0 Å². The molecule has 0 fully saturated rings. The molecule has 0 atom stereocenters. The molecule has 0 radical (unpaired) electrons. The SMILES string of the molecule is COc1ccc(NC(=O)c2ccccc2C)cc1Cl. The van der Waals surface area contributed by atoms with E-state index in [-0.39, 0.29) is 5.91 Å². The number of anilines is 1. The lowest BCUT2D eigenvalue weighted by Crippen LogP contribution is -2.13. The summed E-state index contributed by atoms with van der Waals surface area (Å²) in [6, 6.07) is 12.6. The Hall–Kier alpha value is -2.00. The lowest BCUT2D eigenvalue weighted by Gasteiger charge is -2.09. The highest BCUT2D eigenvalue weighted by Crippen LogP contribution is 2.27. The van der Waals surface area contributed by atoms with E-state index >= 15 is 0 Å². The van der Waals surface area contributed by atoms with Crippen molar-refractivity contribution in [1.82, 2.24) is 0 Å². The minimum atomic E-state index is -0.153. The molecule has 2 aromatic rings. The summed E-state index contributed by atoms with van der Waals surface area (Å²) in [5, 5.41) is 3.28. The summed E-state index contributed by atoms with van der Waals surface area (Å²) in [7, 11) is 1.55. The Morgan fingerprint density at radius 1 is 1.21 bits per heavy atom. The number of hydrogen-bond donors (Lipinski definition) is 1. The number of benzene rings is 2. The summed E-state index contributed by atoms with van der Waals surface area (Å²) in [4.78, 5) is 12.1. The molecule has 1 amide bonds. The second-order valence-corrected chi connectivity index (χ2v) is 4.53. The first-order valence-electron chi connectivity index (χ1n) is 5.82. The van der Waals surface area contributed by atoms with Crippen LogP contribution in [0.5, 0.6) is 5.75 Å². The summed E-state index contributed by atoms with van der Waals surface area (Å²) < 4.78 is 5.06. The van der Waals surface area contributed by atoms with Crippen LogP contribution in [0.3, 0.4) is 0 Å². The van der Waals surface area contributed by atoms with Crippen molar-refractivity contribution in [1.29, 1.82) is 0 Å². The number of methoxy groups -OCH3 is 1. The maximum Gasteiger partial charge on any atom is 0.255 e. The second kappa shape index (κ2) is 5.76. The molecule has 3 nitrogen and oxygen atoms in total. The minimum Gasteiger partial charge on any atom is -0.495 e. The van der Waals surface area contributed by atoms with Gasteiger partial charge in [-0.1, -0.05) is 29.8 Å². The molecule has 0 aliphatic rings. The lowest BCUT2D eigenvalue weighted by molar-refractivity contribution is 0.102. The van der Waals surface area contributed by atoms with Crippen molar-refractivity contribution in [2.75, 3.05) is 12.4 Å². The van der Waals surface area contributed by atoms with Crippen molar-refractivity contribution < 1.29 is 9.53 Å². The molecule has 2 rings (SSSR count). The van der Waals surface area contributed by atoms with Gasteiger partial charge in [-0.3, -0.25) is 4.79 Å². The largest absolute Gasteiger partial charge is 0.495 e. The van der Waals surface area contributed by atoms with Crippen LogP contribution in [0, 0.1) is 6.92 Å². The van der Waals surface area contributed by atoms with Crippen molar-refractivity contribution in [3.05, 3.63) is 58.6 Å². The third-order valence-corrected chi connectivity index (χ3v) is 3.09. The van der Waals surface area contributed by atoms with Gasteiger partial charge in [0.1, 0.15) is 5.75 Å². The third kappa shape index (κ3) is 3.06. The van der Waals surface area contributed by atoms with Crippen LogP contribution in [0.15, 0.2) is 42.5 Å². The first kappa shape index (κ1) is 13.4. The quantitative estimate of drug-likeness (QED) is 0.922. The topological polar surface area (TPSA) is 38.3 Å². The highest BCUT2D eigenvalue weighted by atomic mass is 35.5. The molecule has 19 heavy (non-hydrogen) atoms. The molecular formula is C15H14ClNO2. The van der Waals surface area contributed by atoms with Gasteiger partial charge in [0.25, 0.3) is 5.91 Å². The van der Waals surface area contributed by atoms with Crippen LogP contribution in [-0.4, -0.2) is 13.0 Å². The molecule has 0 unspecified atom stereocenters. The molecule has 2 aromatic carbocycles. The smallest absolute Gasteiger partial charge is 0.255 e. The van der Waals surface area contributed by atoms with Crippen molar-refractivity contribution in [2.45, 2.75) is 6.92 Å². The normalized spacial score (nSPS) is 10.1. The summed E-state index contributed by atoms with van der Waals surface area (Å²) in [6.07, 6.45) is 0. The van der Waals surface area contributed by atoms with E-state index in [2.05, 4.69) is 5.32 Å². The van der Waals surface area contributed by atoms with Crippen molar-refractivity contribution in [2.24, 2.45) is 0 Å². The zero-order valence-corrected chi connectivity index (χ0v) is 11.5. The predicted octanol–water partition coefficient (Wildman–Crippen LogP) is 3.91. The number of aryl methyl sites for hydroxylation is 1. The van der Waals surface area contributed by atoms with Gasteiger partial charge in [-0.15, -0.1) is 0 Å². The zero-order valence-electron chi connectivity index (χ0n) is 10.7. The first-order valence-corrected chi connectivity index (χ1v) is 6.20. The standard InChI is InChI=1S/C15H14ClNO2/c1-10-5-3-4-6-12(10)15(18)17-11-7-8-14(19-2)13(16)9-11/h3-9H,1-2H3,(H,17,18). The Morgan fingerprint density at radius 3 is 2.58 bits per heavy atom. The Bertz CT molecular complexity index is 611. The van der Waals surface area contributed by atoms with E-state index in [4.69, 9.17) is 16.3 Å². The molecule has 0 saturated heterocycles. The maximum atomic E-state index is 12.1. The van der Waals surface area contributed by atoms with E-state index in [1.54, 1.807) is 31.4 Å². The van der Waals surface area contributed by atoms with Crippen LogP contribution >= 0.6 is 11.6 Å². The van der Waals surface area contributed by atoms with E-state index in [1.165, 1.54) is 0 Å². The summed E-state index contributed by atoms with van der Waals surface area (Å²) in [5.74, 6) is 0.426. The number of carbonyl (C=O) groups is 1. The second-order valence-electron chi connectivity index (χ2n) is 4.12. The molecular weight excluding hydrogens is 262 g/mol. The van der Waals surface area contributed by atoms with Gasteiger partial charge in [-0.2, -0.15) is 0 Å². The number of ether oxygens (including phenoxy) is 1. The zero-order chi connectivity index (χ0) is 13.8. The molecule has 0 aliphatic heterocycles. The number of hydrogen-bond acceptors (Lipinski definition) is 2. The van der Waals surface area contributed by atoms with Crippen LogP contribution in [0.2, 0.25) is 5.02 Å². The molecule has 0 aromatic heterocycles. The van der Waals surface area contributed by atoms with Crippen molar-refractivity contribution in [3.8, 4) is 5.75 Å². The fraction of sp³-hybridized carbons (Fsp3) is 0.133. The van der Waals surface area contributed by atoms with E-state index < -0.39 is 0 Å². The van der Waals surface area contributed by atoms with Gasteiger partial charge in [0.05, 0.1) is 12.1 Å². The molecule has 0 bridgehead atoms. The van der Waals surface area contributed by atoms with Gasteiger partial charge in [0, 0.05) is 11.3 Å². The van der Waals surface area contributed by atoms with Crippen LogP contribution in [0.4, 0.5) is 5.69 Å². The summed E-state index contributed by atoms with van der Waals surface area (Å²) >= 11 is 6.01. The molecule has 98 valence electrons. The Morgan fingerprint density at radius 2 is 1.95 bits per heavy atom. The van der Waals surface area contributed by atoms with Gasteiger partial charge in [0.2, 0.25) is 0 Å². The molecule has 0 aliphatic carbocycles. The molecule has 0 saturated carbocycles. The lowest BCUT2D eigenvalue weighted by atomic mass is 10.1. The van der Waals surface area contributed by atoms with Gasteiger partial charge < -0.3 is 10.1 Å². The fourth-order valence-corrected chi connectivity index (χ4v) is 2.03. The Labute approximate surface area is 117 Å². The molecule has 4 heteroatoms. The highest BCUT2D eigenvalue weighted by molar-refractivity contribution is 6.32. The average molecular weight is 276 g/mol. The van der Waals surface area contributed by atoms with Crippen molar-refractivity contribution >= 4 is 23.2 Å². The number of nitrogens with one attached hydrogen (secondary N) is 1. The minimum absolute atomic E-state index is 0.153. The third-order valence-electron chi connectivity index (χ3n) is 2.80. The number of carbonyl (C=O) groups excluding carboxylic acids is 1. The number of amides is 1. The number of halogens is 1. The Kier molecular flexibility index (Phi) is 4.07. The fourth-order valence-electron chi connectivity index (χ4n) is 1.77. The van der Waals surface area contributed by atoms with Gasteiger partial charge >= 0.3 is 0 Å². The van der Waals surface area contributed by atoms with E-state index in [0.717, 1.165) is 5.56 Å². The Balaban J connectivity index is 2.20. The average Bonchev–Trinajstić information content (AvgIpc) is 2.39. The maximum absolute atomic E-state index is 12.1. The first-order chi connectivity index (χ1) is 9.11. The highest BCUT2D eigenvalue weighted by Gasteiger charge is 2.09. The van der Waals surface area contributed by atoms with Crippen LogP contribution < -0.4 is 10.1 Å². The van der Waals surface area contributed by atoms with Gasteiger partial charge in [0.15, 0.2) is 0 Å². The molecule has 0 heterocycles. The monoisotopic (exact) mass is 275 g/mol.